The monoisotopic (exact) mass is 317 g/mol. The third-order valence-corrected chi connectivity index (χ3v) is 4.93. The van der Waals surface area contributed by atoms with Crippen molar-refractivity contribution in [3.05, 3.63) is 38.2 Å². The Morgan fingerprint density at radius 2 is 2.23 bits per heavy atom. The number of carbonyl (C=O) groups excluding carboxylic acids is 1. The van der Waals surface area contributed by atoms with E-state index in [4.69, 9.17) is 0 Å². The first kappa shape index (κ1) is 13.6. The van der Waals surface area contributed by atoms with Crippen molar-refractivity contribution >= 4 is 17.4 Å². The minimum absolute atomic E-state index is 0.0248. The highest BCUT2D eigenvalue weighted by Gasteiger charge is 2.34. The van der Waals surface area contributed by atoms with Crippen LogP contribution in [0.15, 0.2) is 10.9 Å². The predicted molar refractivity (Wildman–Crippen MR) is 79.8 cm³/mol. The van der Waals surface area contributed by atoms with Gasteiger partial charge in [-0.2, -0.15) is 5.10 Å². The summed E-state index contributed by atoms with van der Waals surface area (Å²) in [6, 6.07) is 1.58. The lowest BCUT2D eigenvalue weighted by molar-refractivity contribution is 0.0736. The van der Waals surface area contributed by atoms with Crippen LogP contribution in [-0.2, 0) is 20.0 Å². The standard InChI is InChI=1S/C14H15N5O2S/c1-18-11(20)6-9-7-19(5-4-10(9)16-18)14(21)13-12(8-2-3-8)15-17-22-13/h6,8H,2-5,7H2,1H3. The average Bonchev–Trinajstić information content (AvgIpc) is 3.24. The molecule has 114 valence electrons. The number of amides is 1. The molecule has 1 saturated carbocycles. The van der Waals surface area contributed by atoms with Gasteiger partial charge in [0.2, 0.25) is 0 Å². The third-order valence-electron chi connectivity index (χ3n) is 4.20. The topological polar surface area (TPSA) is 81.0 Å². The van der Waals surface area contributed by atoms with E-state index in [9.17, 15) is 9.59 Å². The molecule has 22 heavy (non-hydrogen) atoms. The summed E-state index contributed by atoms with van der Waals surface area (Å²) < 4.78 is 5.29. The number of aryl methyl sites for hydroxylation is 1. The zero-order chi connectivity index (χ0) is 15.3. The third kappa shape index (κ3) is 2.23. The molecule has 0 saturated heterocycles. The van der Waals surface area contributed by atoms with Crippen molar-refractivity contribution in [3.63, 3.8) is 0 Å². The number of nitrogens with zero attached hydrogens (tertiary/aromatic N) is 5. The molecule has 0 unspecified atom stereocenters. The van der Waals surface area contributed by atoms with Crippen molar-refractivity contribution in [2.24, 2.45) is 7.05 Å². The molecule has 0 atom stereocenters. The maximum Gasteiger partial charge on any atom is 0.267 e. The molecule has 4 rings (SSSR count). The van der Waals surface area contributed by atoms with Crippen molar-refractivity contribution in [2.45, 2.75) is 31.7 Å². The highest BCUT2D eigenvalue weighted by atomic mass is 32.1. The second kappa shape index (κ2) is 4.98. The van der Waals surface area contributed by atoms with E-state index in [2.05, 4.69) is 14.7 Å². The van der Waals surface area contributed by atoms with Gasteiger partial charge in [-0.25, -0.2) is 4.68 Å². The fourth-order valence-electron chi connectivity index (χ4n) is 2.78. The number of aromatic nitrogens is 4. The van der Waals surface area contributed by atoms with E-state index in [-0.39, 0.29) is 11.5 Å². The van der Waals surface area contributed by atoms with Crippen molar-refractivity contribution in [1.29, 1.82) is 0 Å². The van der Waals surface area contributed by atoms with Crippen LogP contribution < -0.4 is 5.56 Å². The van der Waals surface area contributed by atoms with Crippen molar-refractivity contribution < 1.29 is 4.79 Å². The van der Waals surface area contributed by atoms with Crippen LogP contribution in [0.2, 0.25) is 0 Å². The minimum Gasteiger partial charge on any atom is -0.333 e. The summed E-state index contributed by atoms with van der Waals surface area (Å²) in [4.78, 5) is 26.9. The van der Waals surface area contributed by atoms with E-state index in [0.717, 1.165) is 29.8 Å². The maximum absolute atomic E-state index is 12.7. The quantitative estimate of drug-likeness (QED) is 0.815. The van der Waals surface area contributed by atoms with Gasteiger partial charge in [0.1, 0.15) is 4.88 Å². The Morgan fingerprint density at radius 3 is 3.00 bits per heavy atom. The van der Waals surface area contributed by atoms with E-state index in [1.54, 1.807) is 18.0 Å². The molecular formula is C14H15N5O2S. The lowest BCUT2D eigenvalue weighted by Crippen LogP contribution is -2.38. The molecule has 2 aromatic heterocycles. The summed E-state index contributed by atoms with van der Waals surface area (Å²) in [5, 5.41) is 8.39. The van der Waals surface area contributed by atoms with Crippen LogP contribution in [0.1, 0.15) is 45.4 Å². The fraction of sp³-hybridized carbons (Fsp3) is 0.500. The van der Waals surface area contributed by atoms with E-state index < -0.39 is 0 Å². The van der Waals surface area contributed by atoms with E-state index in [1.165, 1.54) is 16.2 Å². The molecule has 2 aliphatic rings. The van der Waals surface area contributed by atoms with Gasteiger partial charge in [-0.05, 0) is 24.4 Å². The first-order valence-electron chi connectivity index (χ1n) is 7.31. The Bertz CT molecular complexity index is 808. The van der Waals surface area contributed by atoms with Gasteiger partial charge in [0, 0.05) is 44.1 Å². The van der Waals surface area contributed by atoms with Crippen LogP contribution in [0.4, 0.5) is 0 Å². The lowest BCUT2D eigenvalue weighted by Gasteiger charge is -2.27. The number of rotatable bonds is 2. The zero-order valence-electron chi connectivity index (χ0n) is 12.2. The van der Waals surface area contributed by atoms with Gasteiger partial charge in [-0.1, -0.05) is 4.49 Å². The Hall–Kier alpha value is -2.09. The molecule has 0 spiro atoms. The van der Waals surface area contributed by atoms with Crippen LogP contribution in [0.3, 0.4) is 0 Å². The molecule has 7 nitrogen and oxygen atoms in total. The molecule has 1 amide bonds. The number of hydrogen-bond acceptors (Lipinski definition) is 6. The van der Waals surface area contributed by atoms with Gasteiger partial charge >= 0.3 is 0 Å². The first-order valence-corrected chi connectivity index (χ1v) is 8.08. The van der Waals surface area contributed by atoms with Gasteiger partial charge in [0.05, 0.1) is 11.4 Å². The van der Waals surface area contributed by atoms with Gasteiger partial charge < -0.3 is 4.90 Å². The normalized spacial score (nSPS) is 17.4. The smallest absolute Gasteiger partial charge is 0.267 e. The number of hydrogen-bond donors (Lipinski definition) is 0. The number of fused-ring (bicyclic) bond motifs is 1. The zero-order valence-corrected chi connectivity index (χ0v) is 13.0. The van der Waals surface area contributed by atoms with Crippen LogP contribution in [0.5, 0.6) is 0 Å². The van der Waals surface area contributed by atoms with Crippen LogP contribution in [0.25, 0.3) is 0 Å². The Balaban J connectivity index is 1.61. The van der Waals surface area contributed by atoms with E-state index in [0.29, 0.717) is 30.3 Å². The molecule has 2 aromatic rings. The molecule has 1 aliphatic carbocycles. The van der Waals surface area contributed by atoms with Crippen LogP contribution in [0, 0.1) is 0 Å². The second-order valence-corrected chi connectivity index (χ2v) is 6.57. The average molecular weight is 317 g/mol. The first-order chi connectivity index (χ1) is 10.6. The molecule has 8 heteroatoms. The fourth-order valence-corrected chi connectivity index (χ4v) is 3.50. The van der Waals surface area contributed by atoms with E-state index >= 15 is 0 Å². The molecule has 3 heterocycles. The van der Waals surface area contributed by atoms with Crippen LogP contribution in [-0.4, -0.2) is 36.7 Å². The summed E-state index contributed by atoms with van der Waals surface area (Å²) in [7, 11) is 1.64. The molecule has 0 radical (unpaired) electrons. The summed E-state index contributed by atoms with van der Waals surface area (Å²) in [6.45, 7) is 1.04. The van der Waals surface area contributed by atoms with Gasteiger partial charge in [-0.3, -0.25) is 9.59 Å². The van der Waals surface area contributed by atoms with Crippen molar-refractivity contribution in [1.82, 2.24) is 24.3 Å². The molecular weight excluding hydrogens is 302 g/mol. The van der Waals surface area contributed by atoms with Crippen molar-refractivity contribution in [2.75, 3.05) is 6.54 Å². The van der Waals surface area contributed by atoms with E-state index in [1.807, 2.05) is 0 Å². The summed E-state index contributed by atoms with van der Waals surface area (Å²) >= 11 is 1.17. The molecule has 1 fully saturated rings. The maximum atomic E-state index is 12.7. The van der Waals surface area contributed by atoms with Crippen LogP contribution >= 0.6 is 11.5 Å². The van der Waals surface area contributed by atoms with Gasteiger partial charge in [0.25, 0.3) is 11.5 Å². The molecule has 0 N–H and O–H groups in total. The second-order valence-electron chi connectivity index (χ2n) is 5.82. The molecule has 1 aliphatic heterocycles. The minimum atomic E-state index is -0.147. The SMILES string of the molecule is Cn1nc2c(cc1=O)CN(C(=O)c1snnc1C1CC1)CC2. The van der Waals surface area contributed by atoms with Crippen molar-refractivity contribution in [3.8, 4) is 0 Å². The Kier molecular flexibility index (Phi) is 3.07. The van der Waals surface area contributed by atoms with Gasteiger partial charge in [-0.15, -0.1) is 5.10 Å². The van der Waals surface area contributed by atoms with Gasteiger partial charge in [0.15, 0.2) is 0 Å². The lowest BCUT2D eigenvalue weighted by atomic mass is 10.1. The molecule has 0 aromatic carbocycles. The molecule has 0 bridgehead atoms. The highest BCUT2D eigenvalue weighted by molar-refractivity contribution is 7.08. The predicted octanol–water partition coefficient (Wildman–Crippen LogP) is 0.708. The summed E-state index contributed by atoms with van der Waals surface area (Å²) in [6.07, 6.45) is 2.85. The summed E-state index contributed by atoms with van der Waals surface area (Å²) in [5.41, 5.74) is 2.44. The largest absolute Gasteiger partial charge is 0.333 e. The Morgan fingerprint density at radius 1 is 1.41 bits per heavy atom. The number of carbonyl (C=O) groups is 1. The summed E-state index contributed by atoms with van der Waals surface area (Å²) in [5.74, 6) is 0.381. The Labute approximate surface area is 130 Å². The highest BCUT2D eigenvalue weighted by Crippen LogP contribution is 2.41.